The van der Waals surface area contributed by atoms with Gasteiger partial charge in [-0.1, -0.05) is 26.0 Å². The predicted octanol–water partition coefficient (Wildman–Crippen LogP) is 4.14. The molecule has 0 aliphatic rings. The Morgan fingerprint density at radius 1 is 1.11 bits per heavy atom. The minimum atomic E-state index is -0.333. The molecule has 0 heterocycles. The van der Waals surface area contributed by atoms with Crippen LogP contribution in [0.5, 0.6) is 17.2 Å². The molecule has 0 spiro atoms. The Bertz CT molecular complexity index is 788. The largest absolute Gasteiger partial charge is 0.493 e. The second-order valence-electron chi connectivity index (χ2n) is 6.30. The molecule has 1 N–H and O–H groups in total. The number of nitrogens with zero attached hydrogens (tertiary/aromatic N) is 1. The maximum atomic E-state index is 11.9. The van der Waals surface area contributed by atoms with E-state index in [1.165, 1.54) is 11.8 Å². The molecule has 150 valence electrons. The highest BCUT2D eigenvalue weighted by Gasteiger charge is 2.06. The average molecular weight is 384 g/mol. The number of carbonyl (C=O) groups is 1. The highest BCUT2D eigenvalue weighted by atomic mass is 16.5. The molecule has 28 heavy (non-hydrogen) atoms. The van der Waals surface area contributed by atoms with E-state index in [-0.39, 0.29) is 12.5 Å². The second-order valence-corrected chi connectivity index (χ2v) is 6.30. The number of amides is 1. The van der Waals surface area contributed by atoms with Crippen LogP contribution in [0.2, 0.25) is 0 Å². The Hall–Kier alpha value is -3.02. The van der Waals surface area contributed by atoms with Gasteiger partial charge < -0.3 is 14.2 Å². The van der Waals surface area contributed by atoms with Crippen LogP contribution in [-0.4, -0.2) is 32.4 Å². The normalized spacial score (nSPS) is 11.9. The molecule has 2 aromatic carbocycles. The summed E-state index contributed by atoms with van der Waals surface area (Å²) < 4.78 is 16.3. The number of benzene rings is 2. The van der Waals surface area contributed by atoms with E-state index in [1.807, 2.05) is 37.3 Å². The molecule has 2 aromatic rings. The molecule has 0 unspecified atom stereocenters. The Morgan fingerprint density at radius 3 is 2.50 bits per heavy atom. The highest BCUT2D eigenvalue weighted by molar-refractivity contribution is 5.83. The topological polar surface area (TPSA) is 69.2 Å². The van der Waals surface area contributed by atoms with E-state index in [1.54, 1.807) is 19.2 Å². The summed E-state index contributed by atoms with van der Waals surface area (Å²) in [7, 11) is 1.58. The number of hydrogen-bond donors (Lipinski definition) is 1. The summed E-state index contributed by atoms with van der Waals surface area (Å²) in [5, 5.41) is 3.95. The summed E-state index contributed by atoms with van der Waals surface area (Å²) in [6, 6.07) is 13.2. The van der Waals surface area contributed by atoms with Crippen LogP contribution in [0.4, 0.5) is 0 Å². The standard InChI is InChI=1S/C22H28N2O4/c1-5-16(3)18-8-10-19(11-9-18)28-15-22(25)24-23-14-17-7-12-20(27-6-2)21(13-17)26-4/h7-14,16H,5-6,15H2,1-4H3,(H,24,25)/b23-14-/t16-/m1/s1. The van der Waals surface area contributed by atoms with Crippen LogP contribution in [0.25, 0.3) is 0 Å². The predicted molar refractivity (Wildman–Crippen MR) is 111 cm³/mol. The second kappa shape index (κ2) is 11.0. The van der Waals surface area contributed by atoms with Gasteiger partial charge in [0.05, 0.1) is 19.9 Å². The van der Waals surface area contributed by atoms with E-state index < -0.39 is 0 Å². The van der Waals surface area contributed by atoms with Crippen LogP contribution in [-0.2, 0) is 4.79 Å². The van der Waals surface area contributed by atoms with Crippen LogP contribution in [0.3, 0.4) is 0 Å². The first-order chi connectivity index (χ1) is 13.6. The van der Waals surface area contributed by atoms with Crippen LogP contribution >= 0.6 is 0 Å². The van der Waals surface area contributed by atoms with Gasteiger partial charge >= 0.3 is 0 Å². The molecule has 0 saturated carbocycles. The van der Waals surface area contributed by atoms with E-state index in [0.717, 1.165) is 12.0 Å². The number of hydrazone groups is 1. The van der Waals surface area contributed by atoms with Crippen molar-refractivity contribution in [2.45, 2.75) is 33.1 Å². The summed E-state index contributed by atoms with van der Waals surface area (Å²) >= 11 is 0. The van der Waals surface area contributed by atoms with Gasteiger partial charge in [0.2, 0.25) is 0 Å². The fourth-order valence-electron chi connectivity index (χ4n) is 2.53. The van der Waals surface area contributed by atoms with Crippen molar-refractivity contribution in [1.29, 1.82) is 0 Å². The van der Waals surface area contributed by atoms with Crippen molar-refractivity contribution >= 4 is 12.1 Å². The smallest absolute Gasteiger partial charge is 0.277 e. The molecule has 0 aliphatic heterocycles. The zero-order valence-electron chi connectivity index (χ0n) is 16.9. The van der Waals surface area contributed by atoms with Crippen LogP contribution < -0.4 is 19.6 Å². The summed E-state index contributed by atoms with van der Waals surface area (Å²) in [5.74, 6) is 2.11. The minimum Gasteiger partial charge on any atom is -0.493 e. The summed E-state index contributed by atoms with van der Waals surface area (Å²) in [6.45, 7) is 6.70. The third-order valence-corrected chi connectivity index (χ3v) is 4.32. The molecule has 0 radical (unpaired) electrons. The van der Waals surface area contributed by atoms with Crippen molar-refractivity contribution in [2.24, 2.45) is 5.10 Å². The molecule has 6 heteroatoms. The zero-order chi connectivity index (χ0) is 20.4. The lowest BCUT2D eigenvalue weighted by molar-refractivity contribution is -0.123. The molecule has 6 nitrogen and oxygen atoms in total. The van der Waals surface area contributed by atoms with Gasteiger partial charge in [-0.25, -0.2) is 5.43 Å². The number of ether oxygens (including phenoxy) is 3. The maximum absolute atomic E-state index is 11.9. The first-order valence-corrected chi connectivity index (χ1v) is 9.42. The average Bonchev–Trinajstić information content (AvgIpc) is 2.73. The number of carbonyl (C=O) groups excluding carboxylic acids is 1. The number of methoxy groups -OCH3 is 1. The van der Waals surface area contributed by atoms with E-state index in [9.17, 15) is 4.79 Å². The lowest BCUT2D eigenvalue weighted by atomic mass is 9.99. The van der Waals surface area contributed by atoms with Gasteiger partial charge in [0.15, 0.2) is 18.1 Å². The van der Waals surface area contributed by atoms with Crippen molar-refractivity contribution in [2.75, 3.05) is 20.3 Å². The summed E-state index contributed by atoms with van der Waals surface area (Å²) in [6.07, 6.45) is 2.62. The van der Waals surface area contributed by atoms with Crippen molar-refractivity contribution < 1.29 is 19.0 Å². The Balaban J connectivity index is 1.83. The number of rotatable bonds is 10. The fourth-order valence-corrected chi connectivity index (χ4v) is 2.53. The molecule has 0 fully saturated rings. The van der Waals surface area contributed by atoms with E-state index in [2.05, 4.69) is 24.4 Å². The zero-order valence-corrected chi connectivity index (χ0v) is 16.9. The third-order valence-electron chi connectivity index (χ3n) is 4.32. The first kappa shape index (κ1) is 21.3. The van der Waals surface area contributed by atoms with E-state index in [0.29, 0.717) is 29.8 Å². The van der Waals surface area contributed by atoms with Gasteiger partial charge in [0, 0.05) is 0 Å². The Labute approximate surface area is 166 Å². The third kappa shape index (κ3) is 6.30. The lowest BCUT2D eigenvalue weighted by Crippen LogP contribution is -2.24. The maximum Gasteiger partial charge on any atom is 0.277 e. The lowest BCUT2D eigenvalue weighted by Gasteiger charge is -2.10. The molecule has 0 saturated heterocycles. The summed E-state index contributed by atoms with van der Waals surface area (Å²) in [5.41, 5.74) is 4.49. The van der Waals surface area contributed by atoms with Gasteiger partial charge in [-0.05, 0) is 60.7 Å². The Kier molecular flexibility index (Phi) is 8.34. The molecule has 0 aromatic heterocycles. The van der Waals surface area contributed by atoms with Gasteiger partial charge in [-0.3, -0.25) is 4.79 Å². The number of nitrogens with one attached hydrogen (secondary N) is 1. The van der Waals surface area contributed by atoms with Crippen LogP contribution in [0, 0.1) is 0 Å². The van der Waals surface area contributed by atoms with Crippen LogP contribution in [0.15, 0.2) is 47.6 Å². The highest BCUT2D eigenvalue weighted by Crippen LogP contribution is 2.27. The number of hydrogen-bond acceptors (Lipinski definition) is 5. The molecule has 1 amide bonds. The molecule has 0 aliphatic carbocycles. The monoisotopic (exact) mass is 384 g/mol. The SMILES string of the molecule is CCOc1ccc(/C=N\NC(=O)COc2ccc([C@H](C)CC)cc2)cc1OC. The fraction of sp³-hybridized carbons (Fsp3) is 0.364. The van der Waals surface area contributed by atoms with Crippen molar-refractivity contribution in [3.8, 4) is 17.2 Å². The van der Waals surface area contributed by atoms with Crippen molar-refractivity contribution in [3.05, 3.63) is 53.6 Å². The minimum absolute atomic E-state index is 0.105. The van der Waals surface area contributed by atoms with E-state index >= 15 is 0 Å². The molecular formula is C22H28N2O4. The van der Waals surface area contributed by atoms with Gasteiger partial charge in [0.1, 0.15) is 5.75 Å². The van der Waals surface area contributed by atoms with Crippen LogP contribution in [0.1, 0.15) is 44.2 Å². The molecular weight excluding hydrogens is 356 g/mol. The molecule has 2 rings (SSSR count). The van der Waals surface area contributed by atoms with E-state index in [4.69, 9.17) is 14.2 Å². The summed E-state index contributed by atoms with van der Waals surface area (Å²) in [4.78, 5) is 11.9. The van der Waals surface area contributed by atoms with Crippen molar-refractivity contribution in [3.63, 3.8) is 0 Å². The quantitative estimate of drug-likeness (QED) is 0.494. The first-order valence-electron chi connectivity index (χ1n) is 9.42. The van der Waals surface area contributed by atoms with Gasteiger partial charge in [0.25, 0.3) is 5.91 Å². The molecule has 0 bridgehead atoms. The van der Waals surface area contributed by atoms with Crippen molar-refractivity contribution in [1.82, 2.24) is 5.43 Å². The Morgan fingerprint density at radius 2 is 1.86 bits per heavy atom. The molecule has 1 atom stereocenters. The van der Waals surface area contributed by atoms with Gasteiger partial charge in [-0.15, -0.1) is 0 Å². The van der Waals surface area contributed by atoms with Gasteiger partial charge in [-0.2, -0.15) is 5.10 Å².